The second-order valence-corrected chi connectivity index (χ2v) is 5.33. The lowest BCUT2D eigenvalue weighted by molar-refractivity contribution is 0.102. The van der Waals surface area contributed by atoms with Crippen LogP contribution in [0.25, 0.3) is 0 Å². The Bertz CT molecular complexity index is 622. The highest BCUT2D eigenvalue weighted by Crippen LogP contribution is 2.32. The molecular weight excluding hydrogens is 333 g/mol. The summed E-state index contributed by atoms with van der Waals surface area (Å²) in [5, 5.41) is 2.81. The van der Waals surface area contributed by atoms with Crippen molar-refractivity contribution in [2.45, 2.75) is 6.92 Å². The minimum atomic E-state index is -0.467. The minimum absolute atomic E-state index is 0.146. The van der Waals surface area contributed by atoms with Gasteiger partial charge in [0.1, 0.15) is 5.82 Å². The molecule has 0 aliphatic carbocycles. The second-order valence-electron chi connectivity index (χ2n) is 4.07. The van der Waals surface area contributed by atoms with Crippen LogP contribution >= 0.6 is 27.5 Å². The zero-order valence-electron chi connectivity index (χ0n) is 10.0. The summed E-state index contributed by atoms with van der Waals surface area (Å²) in [7, 11) is 0. The van der Waals surface area contributed by atoms with E-state index in [0.29, 0.717) is 15.7 Å². The highest BCUT2D eigenvalue weighted by Gasteiger charge is 2.12. The number of anilines is 1. The number of hydrogen-bond acceptors (Lipinski definition) is 1. The van der Waals surface area contributed by atoms with Crippen molar-refractivity contribution in [1.29, 1.82) is 0 Å². The number of halogens is 3. The Labute approximate surface area is 123 Å². The SMILES string of the molecule is Cc1cccc(C(=O)Nc2c(Cl)cc(F)cc2Br)c1. The highest BCUT2D eigenvalue weighted by molar-refractivity contribution is 9.10. The molecule has 0 aliphatic rings. The number of carbonyl (C=O) groups is 1. The van der Waals surface area contributed by atoms with Crippen molar-refractivity contribution in [2.75, 3.05) is 5.32 Å². The summed E-state index contributed by atoms with van der Waals surface area (Å²) in [5.41, 5.74) is 1.86. The van der Waals surface area contributed by atoms with Crippen molar-refractivity contribution >= 4 is 39.1 Å². The predicted molar refractivity (Wildman–Crippen MR) is 78.2 cm³/mol. The van der Waals surface area contributed by atoms with Crippen molar-refractivity contribution in [3.8, 4) is 0 Å². The van der Waals surface area contributed by atoms with E-state index >= 15 is 0 Å². The Hall–Kier alpha value is -1.39. The fourth-order valence-electron chi connectivity index (χ4n) is 1.63. The molecule has 0 unspecified atom stereocenters. The Kier molecular flexibility index (Phi) is 4.22. The first-order valence-corrected chi connectivity index (χ1v) is 6.67. The molecule has 0 aliphatic heterocycles. The van der Waals surface area contributed by atoms with Crippen LogP contribution in [0, 0.1) is 12.7 Å². The van der Waals surface area contributed by atoms with E-state index in [2.05, 4.69) is 21.2 Å². The van der Waals surface area contributed by atoms with Crippen molar-refractivity contribution in [3.63, 3.8) is 0 Å². The van der Waals surface area contributed by atoms with Gasteiger partial charge < -0.3 is 5.32 Å². The molecule has 98 valence electrons. The average molecular weight is 343 g/mol. The van der Waals surface area contributed by atoms with Crippen LogP contribution in [0.15, 0.2) is 40.9 Å². The Morgan fingerprint density at radius 2 is 2.05 bits per heavy atom. The first kappa shape index (κ1) is 14.0. The van der Waals surface area contributed by atoms with Crippen LogP contribution in [0.5, 0.6) is 0 Å². The molecule has 2 rings (SSSR count). The van der Waals surface area contributed by atoms with Crippen LogP contribution in [0.1, 0.15) is 15.9 Å². The third-order valence-corrected chi connectivity index (χ3v) is 3.45. The summed E-state index contributed by atoms with van der Waals surface area (Å²) in [6.07, 6.45) is 0. The fraction of sp³-hybridized carbons (Fsp3) is 0.0714. The van der Waals surface area contributed by atoms with E-state index in [9.17, 15) is 9.18 Å². The number of amides is 1. The van der Waals surface area contributed by atoms with E-state index in [1.165, 1.54) is 6.07 Å². The third-order valence-electron chi connectivity index (χ3n) is 2.53. The Morgan fingerprint density at radius 1 is 1.32 bits per heavy atom. The molecular formula is C14H10BrClFNO. The van der Waals surface area contributed by atoms with Gasteiger partial charge in [0.2, 0.25) is 0 Å². The summed E-state index contributed by atoms with van der Waals surface area (Å²) in [6, 6.07) is 9.56. The Morgan fingerprint density at radius 3 is 2.68 bits per heavy atom. The second kappa shape index (κ2) is 5.72. The van der Waals surface area contributed by atoms with Gasteiger partial charge in [0.25, 0.3) is 5.91 Å². The summed E-state index contributed by atoms with van der Waals surface area (Å²) in [5.74, 6) is -0.761. The lowest BCUT2D eigenvalue weighted by Gasteiger charge is -2.10. The number of rotatable bonds is 2. The van der Waals surface area contributed by atoms with Gasteiger partial charge in [-0.25, -0.2) is 4.39 Å². The molecule has 0 spiro atoms. The largest absolute Gasteiger partial charge is 0.320 e. The molecule has 2 aromatic rings. The van der Waals surface area contributed by atoms with E-state index in [1.54, 1.807) is 18.2 Å². The first-order valence-electron chi connectivity index (χ1n) is 5.50. The molecule has 0 bridgehead atoms. The van der Waals surface area contributed by atoms with Gasteiger partial charge in [-0.05, 0) is 47.1 Å². The van der Waals surface area contributed by atoms with Crippen LogP contribution in [0.3, 0.4) is 0 Å². The van der Waals surface area contributed by atoms with E-state index < -0.39 is 5.82 Å². The maximum Gasteiger partial charge on any atom is 0.255 e. The van der Waals surface area contributed by atoms with Crippen LogP contribution in [0.4, 0.5) is 10.1 Å². The molecule has 5 heteroatoms. The molecule has 2 aromatic carbocycles. The minimum Gasteiger partial charge on any atom is -0.320 e. The van der Waals surface area contributed by atoms with Crippen LogP contribution < -0.4 is 5.32 Å². The molecule has 1 N–H and O–H groups in total. The normalized spacial score (nSPS) is 10.3. The first-order chi connectivity index (χ1) is 8.97. The van der Waals surface area contributed by atoms with Gasteiger partial charge in [0.15, 0.2) is 0 Å². The zero-order valence-corrected chi connectivity index (χ0v) is 12.3. The van der Waals surface area contributed by atoms with E-state index in [0.717, 1.165) is 11.6 Å². The predicted octanol–water partition coefficient (Wildman–Crippen LogP) is 4.80. The summed E-state index contributed by atoms with van der Waals surface area (Å²) >= 11 is 9.09. The van der Waals surface area contributed by atoms with Crippen LogP contribution in [0.2, 0.25) is 5.02 Å². The van der Waals surface area contributed by atoms with Gasteiger partial charge in [0.05, 0.1) is 10.7 Å². The van der Waals surface area contributed by atoms with Crippen LogP contribution in [-0.2, 0) is 0 Å². The number of benzene rings is 2. The molecule has 19 heavy (non-hydrogen) atoms. The smallest absolute Gasteiger partial charge is 0.255 e. The van der Waals surface area contributed by atoms with Gasteiger partial charge in [-0.2, -0.15) is 0 Å². The average Bonchev–Trinajstić information content (AvgIpc) is 2.33. The third kappa shape index (κ3) is 3.33. The lowest BCUT2D eigenvalue weighted by atomic mass is 10.1. The molecule has 0 fully saturated rings. The monoisotopic (exact) mass is 341 g/mol. The van der Waals surface area contributed by atoms with Gasteiger partial charge in [0, 0.05) is 10.0 Å². The van der Waals surface area contributed by atoms with Crippen molar-refractivity contribution in [2.24, 2.45) is 0 Å². The molecule has 0 radical (unpaired) electrons. The number of carbonyl (C=O) groups excluding carboxylic acids is 1. The van der Waals surface area contributed by atoms with Crippen molar-refractivity contribution in [3.05, 3.63) is 62.8 Å². The number of aryl methyl sites for hydroxylation is 1. The molecule has 0 saturated heterocycles. The van der Waals surface area contributed by atoms with Gasteiger partial charge in [-0.15, -0.1) is 0 Å². The number of hydrogen-bond donors (Lipinski definition) is 1. The van der Waals surface area contributed by atoms with Gasteiger partial charge >= 0.3 is 0 Å². The molecule has 0 aromatic heterocycles. The van der Waals surface area contributed by atoms with Crippen molar-refractivity contribution < 1.29 is 9.18 Å². The topological polar surface area (TPSA) is 29.1 Å². The maximum atomic E-state index is 13.1. The van der Waals surface area contributed by atoms with E-state index in [4.69, 9.17) is 11.6 Å². The summed E-state index contributed by atoms with van der Waals surface area (Å²) in [4.78, 5) is 12.1. The van der Waals surface area contributed by atoms with Crippen molar-refractivity contribution in [1.82, 2.24) is 0 Å². The van der Waals surface area contributed by atoms with Crippen LogP contribution in [-0.4, -0.2) is 5.91 Å². The highest BCUT2D eigenvalue weighted by atomic mass is 79.9. The number of nitrogens with one attached hydrogen (secondary N) is 1. The maximum absolute atomic E-state index is 13.1. The lowest BCUT2D eigenvalue weighted by Crippen LogP contribution is -2.12. The van der Waals surface area contributed by atoms with E-state index in [1.807, 2.05) is 13.0 Å². The summed E-state index contributed by atoms with van der Waals surface area (Å²) < 4.78 is 13.5. The standard InChI is InChI=1S/C14H10BrClFNO/c1-8-3-2-4-9(5-8)14(19)18-13-11(15)6-10(17)7-12(13)16/h2-7H,1H3,(H,18,19). The quantitative estimate of drug-likeness (QED) is 0.834. The molecule has 1 amide bonds. The van der Waals surface area contributed by atoms with E-state index in [-0.39, 0.29) is 10.9 Å². The van der Waals surface area contributed by atoms with Gasteiger partial charge in [-0.1, -0.05) is 29.3 Å². The molecule has 0 heterocycles. The summed E-state index contributed by atoms with van der Waals surface area (Å²) in [6.45, 7) is 1.90. The zero-order chi connectivity index (χ0) is 14.0. The van der Waals surface area contributed by atoms with Gasteiger partial charge in [-0.3, -0.25) is 4.79 Å². The molecule has 0 atom stereocenters. The Balaban J connectivity index is 2.29. The molecule has 2 nitrogen and oxygen atoms in total. The molecule has 0 saturated carbocycles. The fourth-order valence-corrected chi connectivity index (χ4v) is 2.53.